The van der Waals surface area contributed by atoms with Gasteiger partial charge in [-0.2, -0.15) is 4.31 Å². The van der Waals surface area contributed by atoms with Gasteiger partial charge in [0.1, 0.15) is 5.75 Å². The van der Waals surface area contributed by atoms with Gasteiger partial charge in [-0.15, -0.1) is 0 Å². The van der Waals surface area contributed by atoms with Crippen molar-refractivity contribution in [2.24, 2.45) is 0 Å². The summed E-state index contributed by atoms with van der Waals surface area (Å²) in [6.45, 7) is 3.94. The average molecular weight is 433 g/mol. The standard InChI is InChI=1S/C22H28N2O5S/c1-17-3-5-18(6-4-17)16-23-22(25)10-7-19-15-20(8-9-21(19)28-2)30(26,27)24-11-13-29-14-12-24/h3-6,8-9,15H,7,10-14,16H2,1-2H3,(H,23,25). The van der Waals surface area contributed by atoms with Crippen LogP contribution in [-0.4, -0.2) is 52.0 Å². The Bertz CT molecular complexity index is 968. The van der Waals surface area contributed by atoms with Crippen LogP contribution in [0.2, 0.25) is 0 Å². The highest BCUT2D eigenvalue weighted by atomic mass is 32.2. The summed E-state index contributed by atoms with van der Waals surface area (Å²) in [4.78, 5) is 12.5. The van der Waals surface area contributed by atoms with E-state index in [0.29, 0.717) is 50.6 Å². The number of hydrogen-bond acceptors (Lipinski definition) is 5. The zero-order chi connectivity index (χ0) is 21.6. The number of nitrogens with one attached hydrogen (secondary N) is 1. The number of aryl methyl sites for hydroxylation is 2. The molecular weight excluding hydrogens is 404 g/mol. The normalized spacial score (nSPS) is 15.0. The van der Waals surface area contributed by atoms with Gasteiger partial charge in [0.15, 0.2) is 0 Å². The molecule has 0 spiro atoms. The average Bonchev–Trinajstić information content (AvgIpc) is 2.77. The third kappa shape index (κ3) is 5.59. The number of rotatable bonds is 8. The van der Waals surface area contributed by atoms with E-state index in [-0.39, 0.29) is 17.2 Å². The van der Waals surface area contributed by atoms with E-state index >= 15 is 0 Å². The summed E-state index contributed by atoms with van der Waals surface area (Å²) in [6, 6.07) is 12.8. The van der Waals surface area contributed by atoms with Crippen molar-refractivity contribution in [2.75, 3.05) is 33.4 Å². The van der Waals surface area contributed by atoms with Crippen LogP contribution < -0.4 is 10.1 Å². The molecule has 162 valence electrons. The number of carbonyl (C=O) groups is 1. The van der Waals surface area contributed by atoms with Crippen LogP contribution >= 0.6 is 0 Å². The van der Waals surface area contributed by atoms with Gasteiger partial charge in [0.2, 0.25) is 15.9 Å². The first kappa shape index (κ1) is 22.3. The summed E-state index contributed by atoms with van der Waals surface area (Å²) < 4.78 is 37.9. The van der Waals surface area contributed by atoms with E-state index < -0.39 is 10.0 Å². The fourth-order valence-corrected chi connectivity index (χ4v) is 4.75. The van der Waals surface area contributed by atoms with Crippen LogP contribution in [0.3, 0.4) is 0 Å². The van der Waals surface area contributed by atoms with Crippen molar-refractivity contribution >= 4 is 15.9 Å². The molecular formula is C22H28N2O5S. The van der Waals surface area contributed by atoms with E-state index in [1.165, 1.54) is 17.0 Å². The first-order valence-corrected chi connectivity index (χ1v) is 11.4. The number of benzene rings is 2. The lowest BCUT2D eigenvalue weighted by Gasteiger charge is -2.26. The van der Waals surface area contributed by atoms with Crippen LogP contribution in [0.25, 0.3) is 0 Å². The predicted octanol–water partition coefficient (Wildman–Crippen LogP) is 2.27. The SMILES string of the molecule is COc1ccc(S(=O)(=O)N2CCOCC2)cc1CCC(=O)NCc1ccc(C)cc1. The minimum Gasteiger partial charge on any atom is -0.496 e. The van der Waals surface area contributed by atoms with E-state index in [4.69, 9.17) is 9.47 Å². The molecule has 30 heavy (non-hydrogen) atoms. The second-order valence-corrected chi connectivity index (χ2v) is 9.19. The van der Waals surface area contributed by atoms with Crippen LogP contribution in [-0.2, 0) is 32.5 Å². The molecule has 2 aromatic carbocycles. The maximum atomic E-state index is 12.9. The van der Waals surface area contributed by atoms with Crippen molar-refractivity contribution in [3.05, 3.63) is 59.2 Å². The molecule has 0 bridgehead atoms. The number of ether oxygens (including phenoxy) is 2. The number of sulfonamides is 1. The Morgan fingerprint density at radius 3 is 2.50 bits per heavy atom. The van der Waals surface area contributed by atoms with Crippen molar-refractivity contribution in [1.29, 1.82) is 0 Å². The van der Waals surface area contributed by atoms with E-state index in [1.54, 1.807) is 18.2 Å². The van der Waals surface area contributed by atoms with Gasteiger partial charge in [-0.05, 0) is 42.7 Å². The summed E-state index contributed by atoms with van der Waals surface area (Å²) >= 11 is 0. The number of morpholine rings is 1. The molecule has 8 heteroatoms. The van der Waals surface area contributed by atoms with Gasteiger partial charge in [0, 0.05) is 26.1 Å². The highest BCUT2D eigenvalue weighted by molar-refractivity contribution is 7.89. The Morgan fingerprint density at radius 1 is 1.13 bits per heavy atom. The Hall–Kier alpha value is -2.42. The first-order chi connectivity index (χ1) is 14.4. The molecule has 2 aromatic rings. The van der Waals surface area contributed by atoms with Gasteiger partial charge >= 0.3 is 0 Å². The lowest BCUT2D eigenvalue weighted by Crippen LogP contribution is -2.40. The third-order valence-electron chi connectivity index (χ3n) is 5.09. The van der Waals surface area contributed by atoms with Crippen LogP contribution in [0, 0.1) is 6.92 Å². The Balaban J connectivity index is 1.65. The molecule has 0 radical (unpaired) electrons. The summed E-state index contributed by atoms with van der Waals surface area (Å²) in [6.07, 6.45) is 0.624. The quantitative estimate of drug-likeness (QED) is 0.692. The molecule has 0 aromatic heterocycles. The smallest absolute Gasteiger partial charge is 0.243 e. The molecule has 0 unspecified atom stereocenters. The molecule has 0 aliphatic carbocycles. The van der Waals surface area contributed by atoms with Gasteiger partial charge in [0.25, 0.3) is 0 Å². The van der Waals surface area contributed by atoms with E-state index in [9.17, 15) is 13.2 Å². The van der Waals surface area contributed by atoms with Gasteiger partial charge in [0.05, 0.1) is 25.2 Å². The Kier molecular flexibility index (Phi) is 7.47. The zero-order valence-electron chi connectivity index (χ0n) is 17.4. The molecule has 1 N–H and O–H groups in total. The van der Waals surface area contributed by atoms with E-state index in [2.05, 4.69) is 5.32 Å². The highest BCUT2D eigenvalue weighted by Crippen LogP contribution is 2.26. The van der Waals surface area contributed by atoms with E-state index in [0.717, 1.165) is 5.56 Å². The maximum Gasteiger partial charge on any atom is 0.243 e. The number of amides is 1. The lowest BCUT2D eigenvalue weighted by molar-refractivity contribution is -0.121. The monoisotopic (exact) mass is 432 g/mol. The number of nitrogens with zero attached hydrogens (tertiary/aromatic N) is 1. The van der Waals surface area contributed by atoms with Crippen molar-refractivity contribution in [1.82, 2.24) is 9.62 Å². The highest BCUT2D eigenvalue weighted by Gasteiger charge is 2.27. The van der Waals surface area contributed by atoms with Crippen LogP contribution in [0.5, 0.6) is 5.75 Å². The number of methoxy groups -OCH3 is 1. The lowest BCUT2D eigenvalue weighted by atomic mass is 10.1. The van der Waals surface area contributed by atoms with Crippen LogP contribution in [0.1, 0.15) is 23.1 Å². The largest absolute Gasteiger partial charge is 0.496 e. The first-order valence-electron chi connectivity index (χ1n) is 9.97. The molecule has 1 aliphatic heterocycles. The van der Waals surface area contributed by atoms with Crippen molar-refractivity contribution in [3.8, 4) is 5.75 Å². The van der Waals surface area contributed by atoms with Crippen molar-refractivity contribution in [3.63, 3.8) is 0 Å². The molecule has 1 amide bonds. The zero-order valence-corrected chi connectivity index (χ0v) is 18.2. The minimum absolute atomic E-state index is 0.0981. The molecule has 3 rings (SSSR count). The van der Waals surface area contributed by atoms with Crippen molar-refractivity contribution < 1.29 is 22.7 Å². The Labute approximate surface area is 178 Å². The topological polar surface area (TPSA) is 84.9 Å². The molecule has 0 saturated carbocycles. The van der Waals surface area contributed by atoms with Crippen LogP contribution in [0.4, 0.5) is 0 Å². The molecule has 7 nitrogen and oxygen atoms in total. The van der Waals surface area contributed by atoms with Crippen LogP contribution in [0.15, 0.2) is 47.4 Å². The molecule has 1 fully saturated rings. The summed E-state index contributed by atoms with van der Waals surface area (Å²) in [7, 11) is -2.07. The fourth-order valence-electron chi connectivity index (χ4n) is 3.29. The van der Waals surface area contributed by atoms with Gasteiger partial charge in [-0.25, -0.2) is 8.42 Å². The molecule has 0 atom stereocenters. The second-order valence-electron chi connectivity index (χ2n) is 7.25. The molecule has 1 heterocycles. The van der Waals surface area contributed by atoms with Gasteiger partial charge in [-0.3, -0.25) is 4.79 Å². The molecule has 1 saturated heterocycles. The van der Waals surface area contributed by atoms with Gasteiger partial charge in [-0.1, -0.05) is 29.8 Å². The fraction of sp³-hybridized carbons (Fsp3) is 0.409. The molecule has 1 aliphatic rings. The number of hydrogen-bond donors (Lipinski definition) is 1. The summed E-state index contributed by atoms with van der Waals surface area (Å²) in [5.74, 6) is 0.473. The third-order valence-corrected chi connectivity index (χ3v) is 6.99. The van der Waals surface area contributed by atoms with Gasteiger partial charge < -0.3 is 14.8 Å². The minimum atomic E-state index is -3.60. The maximum absolute atomic E-state index is 12.9. The second kappa shape index (κ2) is 10.1. The van der Waals surface area contributed by atoms with Crippen molar-refractivity contribution in [2.45, 2.75) is 31.2 Å². The van der Waals surface area contributed by atoms with E-state index in [1.807, 2.05) is 31.2 Å². The summed E-state index contributed by atoms with van der Waals surface area (Å²) in [5.41, 5.74) is 2.89. The summed E-state index contributed by atoms with van der Waals surface area (Å²) in [5, 5.41) is 2.90. The Morgan fingerprint density at radius 2 is 1.83 bits per heavy atom. The predicted molar refractivity (Wildman–Crippen MR) is 114 cm³/mol. The number of carbonyl (C=O) groups excluding carboxylic acids is 1.